The van der Waals surface area contributed by atoms with Crippen molar-refractivity contribution in [2.24, 2.45) is 11.8 Å². The molecule has 0 unspecified atom stereocenters. The van der Waals surface area contributed by atoms with Gasteiger partial charge in [0.05, 0.1) is 0 Å². The molecule has 0 radical (unpaired) electrons. The summed E-state index contributed by atoms with van der Waals surface area (Å²) in [5.74, 6) is -0.133. The molecule has 152 valence electrons. The van der Waals surface area contributed by atoms with E-state index in [0.717, 1.165) is 36.8 Å². The molecular formula is C22H30F4O. The number of unbranched alkanes of at least 4 members (excludes halogenated alkanes) is 2. The maximum atomic E-state index is 13.7. The largest absolute Gasteiger partial charge is 0.573 e. The normalized spacial score (nSPS) is 20.9. The van der Waals surface area contributed by atoms with Crippen LogP contribution in [0.5, 0.6) is 5.75 Å². The Morgan fingerprint density at radius 2 is 1.70 bits per heavy atom. The lowest BCUT2D eigenvalue weighted by Crippen LogP contribution is -2.17. The summed E-state index contributed by atoms with van der Waals surface area (Å²) in [5.41, 5.74) is 0.543. The molecule has 1 aliphatic rings. The fourth-order valence-corrected chi connectivity index (χ4v) is 3.87. The third-order valence-corrected chi connectivity index (χ3v) is 5.42. The lowest BCUT2D eigenvalue weighted by atomic mass is 9.78. The molecule has 0 N–H and O–H groups in total. The molecule has 0 heterocycles. The first kappa shape index (κ1) is 21.8. The first-order valence-corrected chi connectivity index (χ1v) is 10.1. The van der Waals surface area contributed by atoms with Crippen molar-refractivity contribution in [3.8, 4) is 5.75 Å². The zero-order valence-corrected chi connectivity index (χ0v) is 16.0. The Hall–Kier alpha value is -1.52. The van der Waals surface area contributed by atoms with Crippen molar-refractivity contribution in [3.63, 3.8) is 0 Å². The molecule has 27 heavy (non-hydrogen) atoms. The van der Waals surface area contributed by atoms with E-state index in [-0.39, 0.29) is 0 Å². The Morgan fingerprint density at radius 3 is 2.30 bits per heavy atom. The lowest BCUT2D eigenvalue weighted by molar-refractivity contribution is -0.275. The standard InChI is InChI=1S/C22H30F4O/c1-2-3-4-7-17-10-12-18(13-11-17)8-5-6-9-19-14-15-21(20(23)16-19)27-22(24,25)26/h6,9,14-18H,2-5,7-8,10-13H2,1H3/b9-6-. The highest BCUT2D eigenvalue weighted by atomic mass is 19.4. The van der Waals surface area contributed by atoms with Crippen LogP contribution in [0.25, 0.3) is 6.08 Å². The zero-order chi connectivity index (χ0) is 19.7. The fourth-order valence-electron chi connectivity index (χ4n) is 3.87. The number of hydrogen-bond donors (Lipinski definition) is 0. The average molecular weight is 386 g/mol. The highest BCUT2D eigenvalue weighted by molar-refractivity contribution is 5.51. The molecule has 0 spiro atoms. The van der Waals surface area contributed by atoms with E-state index in [9.17, 15) is 17.6 Å². The van der Waals surface area contributed by atoms with Crippen molar-refractivity contribution in [1.82, 2.24) is 0 Å². The molecular weight excluding hydrogens is 356 g/mol. The first-order valence-electron chi connectivity index (χ1n) is 10.1. The maximum absolute atomic E-state index is 13.7. The molecule has 0 aliphatic heterocycles. The molecule has 1 saturated carbocycles. The van der Waals surface area contributed by atoms with Crippen LogP contribution < -0.4 is 4.74 Å². The lowest BCUT2D eigenvalue weighted by Gasteiger charge is -2.28. The van der Waals surface area contributed by atoms with Crippen LogP contribution in [0, 0.1) is 17.7 Å². The maximum Gasteiger partial charge on any atom is 0.573 e. The monoisotopic (exact) mass is 386 g/mol. The van der Waals surface area contributed by atoms with E-state index in [0.29, 0.717) is 5.56 Å². The highest BCUT2D eigenvalue weighted by Gasteiger charge is 2.32. The van der Waals surface area contributed by atoms with Gasteiger partial charge in [0.1, 0.15) is 0 Å². The van der Waals surface area contributed by atoms with Crippen LogP contribution in [0.3, 0.4) is 0 Å². The molecule has 2 rings (SSSR count). The van der Waals surface area contributed by atoms with E-state index >= 15 is 0 Å². The second kappa shape index (κ2) is 10.7. The van der Waals surface area contributed by atoms with Gasteiger partial charge in [-0.15, -0.1) is 13.2 Å². The van der Waals surface area contributed by atoms with Crippen molar-refractivity contribution in [2.75, 3.05) is 0 Å². The van der Waals surface area contributed by atoms with Gasteiger partial charge in [-0.25, -0.2) is 4.39 Å². The van der Waals surface area contributed by atoms with E-state index < -0.39 is 17.9 Å². The molecule has 0 saturated heterocycles. The third kappa shape index (κ3) is 8.35. The molecule has 1 aliphatic carbocycles. The first-order chi connectivity index (χ1) is 12.9. The topological polar surface area (TPSA) is 9.23 Å². The van der Waals surface area contributed by atoms with Crippen LogP contribution in [0.2, 0.25) is 0 Å². The summed E-state index contributed by atoms with van der Waals surface area (Å²) in [7, 11) is 0. The van der Waals surface area contributed by atoms with Crippen LogP contribution in [-0.2, 0) is 0 Å². The number of ether oxygens (including phenoxy) is 1. The Kier molecular flexibility index (Phi) is 8.65. The van der Waals surface area contributed by atoms with Gasteiger partial charge in [0.15, 0.2) is 11.6 Å². The molecule has 0 amide bonds. The molecule has 5 heteroatoms. The SMILES string of the molecule is CCCCCC1CCC(CC/C=C\c2ccc(OC(F)(F)F)c(F)c2)CC1. The molecule has 0 atom stereocenters. The zero-order valence-electron chi connectivity index (χ0n) is 16.0. The summed E-state index contributed by atoms with van der Waals surface area (Å²) in [6.45, 7) is 2.24. The van der Waals surface area contributed by atoms with Crippen LogP contribution in [0.1, 0.15) is 76.7 Å². The molecule has 1 fully saturated rings. The summed E-state index contributed by atoms with van der Waals surface area (Å²) in [6, 6.07) is 3.52. The van der Waals surface area contributed by atoms with E-state index in [1.54, 1.807) is 6.08 Å². The van der Waals surface area contributed by atoms with Gasteiger partial charge in [0.2, 0.25) is 0 Å². The van der Waals surface area contributed by atoms with Gasteiger partial charge < -0.3 is 4.74 Å². The Labute approximate surface area is 159 Å². The summed E-state index contributed by atoms with van der Waals surface area (Å²) < 4.78 is 53.7. The van der Waals surface area contributed by atoms with Gasteiger partial charge in [0.25, 0.3) is 0 Å². The minimum atomic E-state index is -4.88. The molecule has 0 bridgehead atoms. The van der Waals surface area contributed by atoms with Crippen molar-refractivity contribution >= 4 is 6.08 Å². The molecule has 1 aromatic rings. The van der Waals surface area contributed by atoms with Gasteiger partial charge in [0, 0.05) is 0 Å². The van der Waals surface area contributed by atoms with E-state index in [1.807, 2.05) is 6.08 Å². The van der Waals surface area contributed by atoms with Crippen LogP contribution >= 0.6 is 0 Å². The average Bonchev–Trinajstić information content (AvgIpc) is 2.61. The Bertz CT molecular complexity index is 586. The van der Waals surface area contributed by atoms with Gasteiger partial charge in [-0.3, -0.25) is 0 Å². The second-order valence-corrected chi connectivity index (χ2v) is 7.60. The predicted molar refractivity (Wildman–Crippen MR) is 101 cm³/mol. The summed E-state index contributed by atoms with van der Waals surface area (Å²) in [6.07, 6.45) is 11.5. The van der Waals surface area contributed by atoms with E-state index in [4.69, 9.17) is 0 Å². The number of benzene rings is 1. The Morgan fingerprint density at radius 1 is 1.04 bits per heavy atom. The summed E-state index contributed by atoms with van der Waals surface area (Å²) in [5, 5.41) is 0. The van der Waals surface area contributed by atoms with Gasteiger partial charge >= 0.3 is 6.36 Å². The number of hydrogen-bond acceptors (Lipinski definition) is 1. The van der Waals surface area contributed by atoms with E-state index in [1.165, 1.54) is 57.4 Å². The molecule has 0 aromatic heterocycles. The number of allylic oxidation sites excluding steroid dienone is 1. The van der Waals surface area contributed by atoms with Crippen molar-refractivity contribution in [3.05, 3.63) is 35.7 Å². The van der Waals surface area contributed by atoms with Gasteiger partial charge in [-0.1, -0.05) is 76.5 Å². The number of rotatable bonds is 9. The predicted octanol–water partition coefficient (Wildman–Crippen LogP) is 7.90. The summed E-state index contributed by atoms with van der Waals surface area (Å²) >= 11 is 0. The summed E-state index contributed by atoms with van der Waals surface area (Å²) in [4.78, 5) is 0. The second-order valence-electron chi connectivity index (χ2n) is 7.60. The van der Waals surface area contributed by atoms with Crippen molar-refractivity contribution in [2.45, 2.75) is 77.5 Å². The Balaban J connectivity index is 1.70. The third-order valence-electron chi connectivity index (χ3n) is 5.42. The van der Waals surface area contributed by atoms with Crippen molar-refractivity contribution < 1.29 is 22.3 Å². The minimum Gasteiger partial charge on any atom is -0.403 e. The molecule has 1 aromatic carbocycles. The van der Waals surface area contributed by atoms with Gasteiger partial charge in [-0.2, -0.15) is 0 Å². The van der Waals surface area contributed by atoms with E-state index in [2.05, 4.69) is 11.7 Å². The quantitative estimate of drug-likeness (QED) is 0.309. The van der Waals surface area contributed by atoms with Crippen LogP contribution in [0.4, 0.5) is 17.6 Å². The van der Waals surface area contributed by atoms with Crippen LogP contribution in [-0.4, -0.2) is 6.36 Å². The van der Waals surface area contributed by atoms with Crippen molar-refractivity contribution in [1.29, 1.82) is 0 Å². The number of alkyl halides is 3. The van der Waals surface area contributed by atoms with Gasteiger partial charge in [-0.05, 0) is 42.4 Å². The fraction of sp³-hybridized carbons (Fsp3) is 0.636. The highest BCUT2D eigenvalue weighted by Crippen LogP contribution is 2.34. The minimum absolute atomic E-state index is 0.543. The molecule has 1 nitrogen and oxygen atoms in total. The number of halogens is 4. The smallest absolute Gasteiger partial charge is 0.403 e. The van der Waals surface area contributed by atoms with Crippen LogP contribution in [0.15, 0.2) is 24.3 Å².